The monoisotopic (exact) mass is 1220 g/mol. The van der Waals surface area contributed by atoms with Crippen LogP contribution in [0.4, 0.5) is 0 Å². The maximum absolute atomic E-state index is 3.35. The molecule has 0 nitrogen and oxygen atoms in total. The molecule has 0 bridgehead atoms. The number of hydrogen-bond acceptors (Lipinski definition) is 0. The van der Waals surface area contributed by atoms with Crippen molar-refractivity contribution in [2.75, 3.05) is 0 Å². The molecule has 4 heteroatoms. The Labute approximate surface area is 305 Å². The van der Waals surface area contributed by atoms with Crippen LogP contribution in [0, 0.1) is 24.3 Å². The van der Waals surface area contributed by atoms with Crippen molar-refractivity contribution in [1.82, 2.24) is 0 Å². The molecule has 0 spiro atoms. The number of fused-ring (bicyclic) bond motifs is 14. The van der Waals surface area contributed by atoms with Crippen LogP contribution in [0.25, 0.3) is 46.6 Å². The molecule has 42 heavy (non-hydrogen) atoms. The van der Waals surface area contributed by atoms with Gasteiger partial charge in [0.05, 0.1) is 0 Å². The van der Waals surface area contributed by atoms with Crippen LogP contribution in [-0.4, -0.2) is 0 Å². The molecule has 4 aromatic rings. The summed E-state index contributed by atoms with van der Waals surface area (Å²) in [5, 5.41) is 0. The Kier molecular flexibility index (Phi) is 9.55. The molecule has 0 unspecified atom stereocenters. The normalized spacial score (nSPS) is 14.9. The van der Waals surface area contributed by atoms with Crippen LogP contribution in [0.5, 0.6) is 0 Å². The van der Waals surface area contributed by atoms with Gasteiger partial charge in [0.15, 0.2) is 0 Å². The average molecular weight is 1220 g/mol. The Bertz CT molecular complexity index is 1730. The first-order valence-corrected chi connectivity index (χ1v) is 13.7. The maximum atomic E-state index is 3.35. The second kappa shape index (κ2) is 12.5. The van der Waals surface area contributed by atoms with Gasteiger partial charge in [0.2, 0.25) is 0 Å². The maximum Gasteiger partial charge on any atom is 0 e. The zero-order valence-corrected chi connectivity index (χ0v) is 34.5. The minimum Gasteiger partial charge on any atom is -0.272 e. The Hall–Kier alpha value is -1.41. The molecule has 0 heterocycles. The Morgan fingerprint density at radius 3 is 1.21 bits per heavy atom. The second-order valence-corrected chi connectivity index (χ2v) is 11.1. The van der Waals surface area contributed by atoms with Gasteiger partial charge in [-0.05, 0) is 35.1 Å². The summed E-state index contributed by atoms with van der Waals surface area (Å²) in [6, 6.07) is 18.2. The fourth-order valence-corrected chi connectivity index (χ4v) is 7.40. The number of hydrogen-bond donors (Lipinski definition) is 0. The average Bonchev–Trinajstić information content (AvgIpc) is 3.78. The summed E-state index contributed by atoms with van der Waals surface area (Å²) in [6.45, 7) is 0. The van der Waals surface area contributed by atoms with E-state index in [-0.39, 0.29) is 84.3 Å². The van der Waals surface area contributed by atoms with E-state index in [0.29, 0.717) is 0 Å². The van der Waals surface area contributed by atoms with Crippen LogP contribution in [0.1, 0.15) is 66.8 Å². The standard InChI is InChI=1S/2C19H12.4W/c2*1-3-12-7-9-16-17-10-8-13-4-2-6-15(13)19(17)11-18(16)14(12)5-1;;;;/h5-10H,3-4,11H2;3-4,7-10H,5-6,11H2;;;;/q2*-2;;;;. The van der Waals surface area contributed by atoms with E-state index in [0.717, 1.165) is 38.5 Å². The zero-order valence-electron chi connectivity index (χ0n) is 22.8. The predicted octanol–water partition coefficient (Wildman–Crippen LogP) is 8.00. The van der Waals surface area contributed by atoms with Crippen LogP contribution >= 0.6 is 0 Å². The van der Waals surface area contributed by atoms with Crippen LogP contribution in [0.15, 0.2) is 48.5 Å². The van der Waals surface area contributed by atoms with Crippen LogP contribution in [0.3, 0.4) is 0 Å². The van der Waals surface area contributed by atoms with Crippen molar-refractivity contribution in [3.05, 3.63) is 140 Å². The van der Waals surface area contributed by atoms with Crippen molar-refractivity contribution in [1.29, 1.82) is 0 Å². The first kappa shape index (κ1) is 32.0. The molecular weight excluding hydrogens is 1190 g/mol. The van der Waals surface area contributed by atoms with Crippen molar-refractivity contribution < 1.29 is 84.3 Å². The van der Waals surface area contributed by atoms with Gasteiger partial charge in [-0.25, -0.2) is 24.3 Å². The molecule has 0 saturated carbocycles. The number of allylic oxidation sites excluding steroid dienone is 4. The Morgan fingerprint density at radius 2 is 0.738 bits per heavy atom. The molecule has 6 aliphatic carbocycles. The fourth-order valence-electron chi connectivity index (χ4n) is 7.40. The summed E-state index contributed by atoms with van der Waals surface area (Å²) in [5.74, 6) is 0. The second-order valence-electron chi connectivity index (χ2n) is 11.1. The van der Waals surface area contributed by atoms with Gasteiger partial charge in [0.1, 0.15) is 0 Å². The van der Waals surface area contributed by atoms with Gasteiger partial charge in [0.25, 0.3) is 0 Å². The molecule has 6 aliphatic rings. The van der Waals surface area contributed by atoms with Gasteiger partial charge in [-0.15, -0.1) is 71.2 Å². The molecule has 0 aliphatic heterocycles. The summed E-state index contributed by atoms with van der Waals surface area (Å²) in [6.07, 6.45) is 28.1. The van der Waals surface area contributed by atoms with Crippen molar-refractivity contribution in [3.8, 4) is 22.3 Å². The summed E-state index contributed by atoms with van der Waals surface area (Å²) < 4.78 is 0. The fraction of sp³-hybridized carbons (Fsp3) is 0.158. The number of rotatable bonds is 0. The van der Waals surface area contributed by atoms with Gasteiger partial charge >= 0.3 is 0 Å². The first-order valence-electron chi connectivity index (χ1n) is 13.7. The molecule has 0 aromatic heterocycles. The summed E-state index contributed by atoms with van der Waals surface area (Å²) in [5.41, 5.74) is 23.3. The van der Waals surface area contributed by atoms with Gasteiger partial charge in [-0.2, -0.15) is 22.3 Å². The third-order valence-electron chi connectivity index (χ3n) is 9.27. The predicted molar refractivity (Wildman–Crippen MR) is 155 cm³/mol. The van der Waals surface area contributed by atoms with E-state index in [1.807, 2.05) is 0 Å². The summed E-state index contributed by atoms with van der Waals surface area (Å²) in [7, 11) is 0. The van der Waals surface area contributed by atoms with E-state index in [2.05, 4.69) is 97.1 Å². The van der Waals surface area contributed by atoms with E-state index in [4.69, 9.17) is 0 Å². The van der Waals surface area contributed by atoms with E-state index in [9.17, 15) is 0 Å². The Balaban J connectivity index is 0.000000153. The molecule has 4 aromatic carbocycles. The van der Waals surface area contributed by atoms with E-state index in [1.54, 1.807) is 0 Å². The Morgan fingerprint density at radius 1 is 0.357 bits per heavy atom. The van der Waals surface area contributed by atoms with Gasteiger partial charge in [-0.3, -0.25) is 24.3 Å². The van der Waals surface area contributed by atoms with Crippen LogP contribution in [0.2, 0.25) is 0 Å². The van der Waals surface area contributed by atoms with Crippen molar-refractivity contribution >= 4 is 24.3 Å². The van der Waals surface area contributed by atoms with E-state index in [1.165, 1.54) is 89.0 Å². The topological polar surface area (TPSA) is 0 Å². The SMILES string of the molecule is [C-]1=Cc2c(ccc3c2Cc2c-3ccc3c2C=[C-]C3)C1.[C-]1=Cc2ccc3c(c2C1)Cc1c-3ccc2c1C[C-]=C2.[W].[W].[W].[W]. The number of benzene rings is 4. The largest absolute Gasteiger partial charge is 0.272 e. The smallest absolute Gasteiger partial charge is 0 e. The van der Waals surface area contributed by atoms with Gasteiger partial charge in [0, 0.05) is 84.3 Å². The first-order chi connectivity index (χ1) is 18.8. The summed E-state index contributed by atoms with van der Waals surface area (Å²) in [4.78, 5) is 0. The van der Waals surface area contributed by atoms with E-state index >= 15 is 0 Å². The minimum absolute atomic E-state index is 0. The molecule has 0 radical (unpaired) electrons. The molecule has 0 atom stereocenters. The van der Waals surface area contributed by atoms with Gasteiger partial charge in [-0.1, -0.05) is 47.5 Å². The molecule has 204 valence electrons. The molecule has 10 rings (SSSR count). The molecular formula is C38H24W4-4. The minimum atomic E-state index is 0. The quantitative estimate of drug-likeness (QED) is 0.136. The van der Waals surface area contributed by atoms with Crippen LogP contribution < -0.4 is 0 Å². The van der Waals surface area contributed by atoms with Crippen molar-refractivity contribution in [2.45, 2.75) is 38.5 Å². The summed E-state index contributed by atoms with van der Waals surface area (Å²) >= 11 is 0. The van der Waals surface area contributed by atoms with E-state index < -0.39 is 0 Å². The molecule has 0 amide bonds. The molecule has 0 N–H and O–H groups in total. The molecule has 0 saturated heterocycles. The third kappa shape index (κ3) is 4.80. The third-order valence-corrected chi connectivity index (χ3v) is 9.27. The molecule has 0 fully saturated rings. The van der Waals surface area contributed by atoms with Crippen molar-refractivity contribution in [2.24, 2.45) is 0 Å². The van der Waals surface area contributed by atoms with Gasteiger partial charge < -0.3 is 0 Å². The zero-order chi connectivity index (χ0) is 24.8. The van der Waals surface area contributed by atoms with Crippen LogP contribution in [-0.2, 0) is 123 Å². The van der Waals surface area contributed by atoms with Crippen molar-refractivity contribution in [3.63, 3.8) is 0 Å².